The van der Waals surface area contributed by atoms with Gasteiger partial charge in [-0.25, -0.2) is 9.50 Å². The fourth-order valence-corrected chi connectivity index (χ4v) is 4.98. The molecule has 0 aliphatic carbocycles. The number of rotatable bonds is 5. The summed E-state index contributed by atoms with van der Waals surface area (Å²) in [6.45, 7) is 16.4. The lowest BCUT2D eigenvalue weighted by Gasteiger charge is -2.41. The van der Waals surface area contributed by atoms with Crippen molar-refractivity contribution in [2.75, 3.05) is 18.0 Å². The zero-order valence-corrected chi connectivity index (χ0v) is 20.0. The van der Waals surface area contributed by atoms with Crippen molar-refractivity contribution in [3.63, 3.8) is 0 Å². The van der Waals surface area contributed by atoms with Crippen LogP contribution in [0.1, 0.15) is 30.8 Å². The Morgan fingerprint density at radius 1 is 0.971 bits per heavy atom. The van der Waals surface area contributed by atoms with Gasteiger partial charge in [-0.15, -0.1) is 0 Å². The Hall–Kier alpha value is -3.77. The van der Waals surface area contributed by atoms with Crippen molar-refractivity contribution in [1.29, 1.82) is 0 Å². The van der Waals surface area contributed by atoms with E-state index in [1.54, 1.807) is 6.08 Å². The monoisotopic (exact) mass is 450 g/mol. The van der Waals surface area contributed by atoms with E-state index in [4.69, 9.17) is 4.98 Å². The highest BCUT2D eigenvalue weighted by molar-refractivity contribution is 5.86. The van der Waals surface area contributed by atoms with Crippen molar-refractivity contribution in [1.82, 2.24) is 24.9 Å². The van der Waals surface area contributed by atoms with Crippen molar-refractivity contribution in [2.45, 2.75) is 32.9 Å². The molecule has 3 aromatic heterocycles. The van der Waals surface area contributed by atoms with Crippen LogP contribution in [-0.4, -0.2) is 44.8 Å². The van der Waals surface area contributed by atoms with Gasteiger partial charge in [-0.1, -0.05) is 31.4 Å². The van der Waals surface area contributed by atoms with E-state index >= 15 is 0 Å². The van der Waals surface area contributed by atoms with Gasteiger partial charge in [0.05, 0.1) is 11.9 Å². The van der Waals surface area contributed by atoms with Gasteiger partial charge < -0.3 is 10.2 Å². The smallest absolute Gasteiger partial charge is 0.162 e. The molecule has 4 heterocycles. The lowest BCUT2D eigenvalue weighted by molar-refractivity contribution is 0.432. The molecular formula is C28H30N6. The normalized spacial score (nSPS) is 18.3. The highest BCUT2D eigenvalue weighted by Gasteiger charge is 2.24. The number of hydrogen-bond acceptors (Lipinski definition) is 5. The highest BCUT2D eigenvalue weighted by atomic mass is 15.2. The van der Waals surface area contributed by atoms with Gasteiger partial charge in [0.25, 0.3) is 0 Å². The molecule has 1 aliphatic rings. The van der Waals surface area contributed by atoms with Crippen LogP contribution in [0.3, 0.4) is 0 Å². The molecule has 5 rings (SSSR count). The summed E-state index contributed by atoms with van der Waals surface area (Å²) in [5.74, 6) is 0. The number of nitrogens with zero attached hydrogens (tertiary/aromatic N) is 5. The van der Waals surface area contributed by atoms with E-state index in [0.717, 1.165) is 57.9 Å². The first-order chi connectivity index (χ1) is 16.5. The van der Waals surface area contributed by atoms with E-state index in [2.05, 4.69) is 71.6 Å². The van der Waals surface area contributed by atoms with Crippen LogP contribution in [0.5, 0.6) is 0 Å². The number of hydrogen-bond donors (Lipinski definition) is 1. The third kappa shape index (κ3) is 3.80. The molecule has 6 heteroatoms. The Morgan fingerprint density at radius 3 is 2.38 bits per heavy atom. The first-order valence-electron chi connectivity index (χ1n) is 11.7. The summed E-state index contributed by atoms with van der Waals surface area (Å²) >= 11 is 0. The Balaban J connectivity index is 1.50. The molecule has 6 nitrogen and oxygen atoms in total. The minimum atomic E-state index is 0.467. The zero-order chi connectivity index (χ0) is 23.8. The number of aryl methyl sites for hydroxylation is 1. The van der Waals surface area contributed by atoms with Crippen molar-refractivity contribution in [3.05, 3.63) is 79.0 Å². The van der Waals surface area contributed by atoms with Crippen LogP contribution in [0.15, 0.2) is 62.1 Å². The SMILES string of the molecule is C=Cc1nc(C)cc(-c2cnn3cc(-c4ccc(N5C(C)CNCC5C)cc4)cnc23)c1C=C. The number of fused-ring (bicyclic) bond motifs is 1. The van der Waals surface area contributed by atoms with E-state index in [0.29, 0.717) is 12.1 Å². The molecule has 0 radical (unpaired) electrons. The quantitative estimate of drug-likeness (QED) is 0.451. The average molecular weight is 451 g/mol. The van der Waals surface area contributed by atoms with Crippen molar-refractivity contribution in [2.24, 2.45) is 0 Å². The van der Waals surface area contributed by atoms with E-state index < -0.39 is 0 Å². The maximum Gasteiger partial charge on any atom is 0.162 e. The van der Waals surface area contributed by atoms with Gasteiger partial charge in [0.2, 0.25) is 0 Å². The van der Waals surface area contributed by atoms with Gasteiger partial charge in [-0.05, 0) is 56.2 Å². The Bertz CT molecular complexity index is 1360. The van der Waals surface area contributed by atoms with E-state index in [1.807, 2.05) is 42.2 Å². The predicted molar refractivity (Wildman–Crippen MR) is 141 cm³/mol. The molecule has 2 unspecified atom stereocenters. The van der Waals surface area contributed by atoms with Crippen molar-refractivity contribution >= 4 is 23.5 Å². The third-order valence-corrected chi connectivity index (χ3v) is 6.59. The largest absolute Gasteiger partial charge is 0.364 e. The van der Waals surface area contributed by atoms with Crippen LogP contribution in [0, 0.1) is 6.92 Å². The molecule has 2 atom stereocenters. The van der Waals surface area contributed by atoms with Gasteiger partial charge >= 0.3 is 0 Å². The van der Waals surface area contributed by atoms with Crippen LogP contribution in [0.25, 0.3) is 40.1 Å². The van der Waals surface area contributed by atoms with Gasteiger partial charge in [-0.3, -0.25) is 4.98 Å². The van der Waals surface area contributed by atoms with Crippen LogP contribution in [0.2, 0.25) is 0 Å². The maximum absolute atomic E-state index is 4.79. The molecule has 0 bridgehead atoms. The second-order valence-corrected chi connectivity index (χ2v) is 9.00. The zero-order valence-electron chi connectivity index (χ0n) is 20.0. The van der Waals surface area contributed by atoms with Gasteiger partial charge in [-0.2, -0.15) is 5.10 Å². The van der Waals surface area contributed by atoms with E-state index in [1.165, 1.54) is 5.69 Å². The minimum Gasteiger partial charge on any atom is -0.364 e. The first kappa shape index (κ1) is 22.0. The second kappa shape index (κ2) is 8.88. The molecule has 4 aromatic rings. The van der Waals surface area contributed by atoms with Crippen LogP contribution in [-0.2, 0) is 0 Å². The molecule has 1 fully saturated rings. The Kier molecular flexibility index (Phi) is 5.75. The Labute approximate surface area is 200 Å². The molecule has 1 N–H and O–H groups in total. The average Bonchev–Trinajstić information content (AvgIpc) is 3.27. The first-order valence-corrected chi connectivity index (χ1v) is 11.7. The van der Waals surface area contributed by atoms with Gasteiger partial charge in [0.15, 0.2) is 5.65 Å². The number of aromatic nitrogens is 4. The summed E-state index contributed by atoms with van der Waals surface area (Å²) in [5.41, 5.74) is 8.82. The fourth-order valence-electron chi connectivity index (χ4n) is 4.98. The van der Waals surface area contributed by atoms with Gasteiger partial charge in [0.1, 0.15) is 0 Å². The fraction of sp³-hybridized carbons (Fsp3) is 0.250. The summed E-state index contributed by atoms with van der Waals surface area (Å²) in [6, 6.07) is 11.7. The molecule has 172 valence electrons. The minimum absolute atomic E-state index is 0.467. The maximum atomic E-state index is 4.79. The van der Waals surface area contributed by atoms with E-state index in [-0.39, 0.29) is 0 Å². The van der Waals surface area contributed by atoms with Crippen molar-refractivity contribution < 1.29 is 0 Å². The van der Waals surface area contributed by atoms with Crippen LogP contribution >= 0.6 is 0 Å². The topological polar surface area (TPSA) is 58.4 Å². The molecule has 1 saturated heterocycles. The molecule has 0 saturated carbocycles. The number of pyridine rings is 1. The van der Waals surface area contributed by atoms with Gasteiger partial charge in [0, 0.05) is 65.6 Å². The summed E-state index contributed by atoms with van der Waals surface area (Å²) in [7, 11) is 0. The molecule has 1 aromatic carbocycles. The summed E-state index contributed by atoms with van der Waals surface area (Å²) in [4.78, 5) is 11.9. The Morgan fingerprint density at radius 2 is 1.71 bits per heavy atom. The molecule has 1 aliphatic heterocycles. The number of benzene rings is 1. The summed E-state index contributed by atoms with van der Waals surface area (Å²) in [5, 5.41) is 8.11. The lowest BCUT2D eigenvalue weighted by atomic mass is 9.99. The number of piperazine rings is 1. The van der Waals surface area contributed by atoms with Crippen LogP contribution < -0.4 is 10.2 Å². The molecule has 34 heavy (non-hydrogen) atoms. The van der Waals surface area contributed by atoms with Crippen molar-refractivity contribution in [3.8, 4) is 22.3 Å². The molecular weight excluding hydrogens is 420 g/mol. The number of anilines is 1. The summed E-state index contributed by atoms with van der Waals surface area (Å²) < 4.78 is 1.84. The summed E-state index contributed by atoms with van der Waals surface area (Å²) in [6.07, 6.45) is 9.39. The predicted octanol–water partition coefficient (Wildman–Crippen LogP) is 5.24. The molecule has 0 amide bonds. The molecule has 0 spiro atoms. The van der Waals surface area contributed by atoms with Crippen LogP contribution in [0.4, 0.5) is 5.69 Å². The third-order valence-electron chi connectivity index (χ3n) is 6.59. The standard InChI is InChI=1S/C28H30N6/c1-6-24-25(12-18(3)32-27(24)7-2)26-16-31-33-17-22(15-30-28(26)33)21-8-10-23(11-9-21)34-19(4)13-29-14-20(34)5/h6-12,15-17,19-20,29H,1-2,13-14H2,3-5H3. The highest BCUT2D eigenvalue weighted by Crippen LogP contribution is 2.32. The number of nitrogens with one attached hydrogen (secondary N) is 1. The lowest BCUT2D eigenvalue weighted by Crippen LogP contribution is -2.55. The second-order valence-electron chi connectivity index (χ2n) is 9.00. The van der Waals surface area contributed by atoms with E-state index in [9.17, 15) is 0 Å².